The molecule has 29 heavy (non-hydrogen) atoms. The molecule has 0 saturated carbocycles. The first-order valence-electron chi connectivity index (χ1n) is 9.31. The molecule has 1 N–H and O–H groups in total. The topological polar surface area (TPSA) is 67.3 Å². The summed E-state index contributed by atoms with van der Waals surface area (Å²) in [5, 5.41) is 4.08. The highest BCUT2D eigenvalue weighted by molar-refractivity contribution is 7.99. The second-order valence-corrected chi connectivity index (χ2v) is 8.22. The van der Waals surface area contributed by atoms with Crippen molar-refractivity contribution in [3.63, 3.8) is 0 Å². The van der Waals surface area contributed by atoms with Crippen LogP contribution in [0.25, 0.3) is 33.9 Å². The summed E-state index contributed by atoms with van der Waals surface area (Å²) in [5.41, 5.74) is 3.72. The lowest BCUT2D eigenvalue weighted by atomic mass is 10.1. The molecule has 0 spiro atoms. The van der Waals surface area contributed by atoms with Gasteiger partial charge in [0, 0.05) is 30.3 Å². The Hall–Kier alpha value is -2.84. The predicted octanol–water partition coefficient (Wildman–Crippen LogP) is 4.90. The van der Waals surface area contributed by atoms with Crippen molar-refractivity contribution in [2.45, 2.75) is 0 Å². The lowest BCUT2D eigenvalue weighted by Gasteiger charge is -2.29. The van der Waals surface area contributed by atoms with Gasteiger partial charge in [0.1, 0.15) is 11.4 Å². The zero-order chi connectivity index (χ0) is 19.6. The van der Waals surface area contributed by atoms with Crippen LogP contribution in [0.2, 0.25) is 0 Å². The number of furan rings is 2. The minimum Gasteiger partial charge on any atom is -0.463 e. The van der Waals surface area contributed by atoms with E-state index in [1.807, 2.05) is 54.2 Å². The van der Waals surface area contributed by atoms with Gasteiger partial charge in [-0.05, 0) is 54.7 Å². The zero-order valence-electron chi connectivity index (χ0n) is 15.5. The molecule has 0 radical (unpaired) electrons. The highest BCUT2D eigenvalue weighted by Gasteiger charge is 2.18. The van der Waals surface area contributed by atoms with Crippen molar-refractivity contribution in [2.75, 3.05) is 29.9 Å². The molecule has 1 aliphatic heterocycles. The first-order chi connectivity index (χ1) is 14.3. The van der Waals surface area contributed by atoms with Gasteiger partial charge in [-0.3, -0.25) is 0 Å². The fourth-order valence-electron chi connectivity index (χ4n) is 3.27. The molecule has 0 atom stereocenters. The summed E-state index contributed by atoms with van der Waals surface area (Å²) in [6.07, 6.45) is 3.25. The van der Waals surface area contributed by atoms with Crippen LogP contribution in [0.4, 0.5) is 5.69 Å². The Morgan fingerprint density at radius 2 is 1.59 bits per heavy atom. The van der Waals surface area contributed by atoms with E-state index >= 15 is 0 Å². The highest BCUT2D eigenvalue weighted by Crippen LogP contribution is 2.32. The summed E-state index contributed by atoms with van der Waals surface area (Å²) in [7, 11) is 0. The molecular formula is C21H18N4O2S2. The number of anilines is 1. The second-order valence-electron chi connectivity index (χ2n) is 6.61. The third-order valence-corrected chi connectivity index (χ3v) is 6.03. The average Bonchev–Trinajstić information content (AvgIpc) is 3.47. The molecule has 4 heterocycles. The van der Waals surface area contributed by atoms with E-state index in [9.17, 15) is 0 Å². The van der Waals surface area contributed by atoms with Crippen molar-refractivity contribution in [1.29, 1.82) is 0 Å². The first-order valence-corrected chi connectivity index (χ1v) is 10.9. The molecule has 1 fully saturated rings. The molecule has 4 aromatic rings. The number of thioether (sulfide) groups is 1. The Labute approximate surface area is 177 Å². The Balaban J connectivity index is 1.52. The number of nitrogens with zero attached hydrogens (tertiary/aromatic N) is 3. The van der Waals surface area contributed by atoms with E-state index < -0.39 is 0 Å². The van der Waals surface area contributed by atoms with E-state index in [0.717, 1.165) is 46.4 Å². The van der Waals surface area contributed by atoms with Gasteiger partial charge < -0.3 is 19.1 Å². The van der Waals surface area contributed by atoms with E-state index in [2.05, 4.69) is 10.2 Å². The van der Waals surface area contributed by atoms with Gasteiger partial charge in [0.25, 0.3) is 0 Å². The standard InChI is InChI=1S/C21H18N4O2S2/c28-21(25-7-11-29-12-8-25)22-14-5-6-15-16(13-14)24-20(18-4-2-10-27-18)19(23-15)17-3-1-9-26-17/h1-6,9-10,13H,7-8,11-12H2,(H,22,28). The average molecular weight is 423 g/mol. The summed E-state index contributed by atoms with van der Waals surface area (Å²) < 4.78 is 11.2. The van der Waals surface area contributed by atoms with Crippen LogP contribution >= 0.6 is 24.0 Å². The lowest BCUT2D eigenvalue weighted by Crippen LogP contribution is -2.40. The van der Waals surface area contributed by atoms with Crippen LogP contribution < -0.4 is 5.32 Å². The fraction of sp³-hybridized carbons (Fsp3) is 0.190. The van der Waals surface area contributed by atoms with Crippen LogP contribution in [0.1, 0.15) is 0 Å². The molecule has 0 bridgehead atoms. The van der Waals surface area contributed by atoms with E-state index in [1.54, 1.807) is 12.5 Å². The number of aromatic nitrogens is 2. The van der Waals surface area contributed by atoms with Gasteiger partial charge in [-0.15, -0.1) is 0 Å². The number of thiocarbonyl (C=S) groups is 1. The Kier molecular flexibility index (Phi) is 4.95. The van der Waals surface area contributed by atoms with Crippen LogP contribution in [0.5, 0.6) is 0 Å². The van der Waals surface area contributed by atoms with Crippen molar-refractivity contribution in [3.8, 4) is 22.9 Å². The molecule has 8 heteroatoms. The molecule has 0 aliphatic carbocycles. The van der Waals surface area contributed by atoms with Gasteiger partial charge in [0.05, 0.1) is 23.6 Å². The molecule has 5 rings (SSSR count). The zero-order valence-corrected chi connectivity index (χ0v) is 17.1. The number of rotatable bonds is 3. The molecule has 146 valence electrons. The summed E-state index contributed by atoms with van der Waals surface area (Å²) >= 11 is 7.55. The molecule has 3 aromatic heterocycles. The molecule has 1 saturated heterocycles. The largest absolute Gasteiger partial charge is 0.463 e. The van der Waals surface area contributed by atoms with E-state index in [1.165, 1.54) is 0 Å². The van der Waals surface area contributed by atoms with Crippen molar-refractivity contribution < 1.29 is 8.83 Å². The smallest absolute Gasteiger partial charge is 0.173 e. The number of hydrogen-bond donors (Lipinski definition) is 1. The van der Waals surface area contributed by atoms with Gasteiger partial charge in [-0.2, -0.15) is 11.8 Å². The SMILES string of the molecule is S=C(Nc1ccc2nc(-c3ccco3)c(-c3ccco3)nc2c1)N1CCSCC1. The predicted molar refractivity (Wildman–Crippen MR) is 120 cm³/mol. The summed E-state index contributed by atoms with van der Waals surface area (Å²) in [5.74, 6) is 3.50. The van der Waals surface area contributed by atoms with E-state index in [-0.39, 0.29) is 0 Å². The van der Waals surface area contributed by atoms with Crippen LogP contribution in [-0.4, -0.2) is 44.6 Å². The first kappa shape index (κ1) is 18.2. The summed E-state index contributed by atoms with van der Waals surface area (Å²) in [4.78, 5) is 11.8. The van der Waals surface area contributed by atoms with Gasteiger partial charge in [0.15, 0.2) is 16.6 Å². The van der Waals surface area contributed by atoms with Crippen LogP contribution in [0.15, 0.2) is 63.8 Å². The Morgan fingerprint density at radius 3 is 2.21 bits per heavy atom. The minimum absolute atomic E-state index is 0.644. The molecule has 6 nitrogen and oxygen atoms in total. The monoisotopic (exact) mass is 422 g/mol. The number of benzene rings is 1. The Bertz CT molecular complexity index is 1140. The molecule has 0 amide bonds. The van der Waals surface area contributed by atoms with Crippen molar-refractivity contribution >= 4 is 45.8 Å². The van der Waals surface area contributed by atoms with Crippen molar-refractivity contribution in [3.05, 3.63) is 55.0 Å². The third-order valence-electron chi connectivity index (χ3n) is 4.72. The molecule has 0 unspecified atom stereocenters. The highest BCUT2D eigenvalue weighted by atomic mass is 32.2. The van der Waals surface area contributed by atoms with Crippen LogP contribution in [0, 0.1) is 0 Å². The molecule has 1 aliphatic rings. The van der Waals surface area contributed by atoms with Gasteiger partial charge in [0.2, 0.25) is 0 Å². The lowest BCUT2D eigenvalue weighted by molar-refractivity contribution is 0.470. The van der Waals surface area contributed by atoms with E-state index in [4.69, 9.17) is 31.0 Å². The summed E-state index contributed by atoms with van der Waals surface area (Å²) in [6.45, 7) is 1.94. The number of nitrogens with one attached hydrogen (secondary N) is 1. The Morgan fingerprint density at radius 1 is 0.931 bits per heavy atom. The summed E-state index contributed by atoms with van der Waals surface area (Å²) in [6, 6.07) is 13.3. The number of hydrogen-bond acceptors (Lipinski definition) is 6. The van der Waals surface area contributed by atoms with Gasteiger partial charge in [-0.1, -0.05) is 0 Å². The maximum Gasteiger partial charge on any atom is 0.173 e. The van der Waals surface area contributed by atoms with Crippen molar-refractivity contribution in [2.24, 2.45) is 0 Å². The number of fused-ring (bicyclic) bond motifs is 1. The third kappa shape index (κ3) is 3.73. The van der Waals surface area contributed by atoms with Crippen molar-refractivity contribution in [1.82, 2.24) is 14.9 Å². The molecule has 1 aromatic carbocycles. The quantitative estimate of drug-likeness (QED) is 0.468. The van der Waals surface area contributed by atoms with Gasteiger partial charge >= 0.3 is 0 Å². The van der Waals surface area contributed by atoms with Crippen LogP contribution in [-0.2, 0) is 0 Å². The fourth-order valence-corrected chi connectivity index (χ4v) is 4.47. The van der Waals surface area contributed by atoms with Crippen LogP contribution in [0.3, 0.4) is 0 Å². The molecular weight excluding hydrogens is 404 g/mol. The maximum atomic E-state index is 5.59. The normalized spacial score (nSPS) is 14.3. The van der Waals surface area contributed by atoms with Gasteiger partial charge in [-0.25, -0.2) is 9.97 Å². The van der Waals surface area contributed by atoms with E-state index in [0.29, 0.717) is 22.9 Å². The minimum atomic E-state index is 0.644. The maximum absolute atomic E-state index is 5.59. The second kappa shape index (κ2) is 7.88.